The van der Waals surface area contributed by atoms with Crippen LogP contribution >= 0.6 is 0 Å². The third kappa shape index (κ3) is 4.57. The summed E-state index contributed by atoms with van der Waals surface area (Å²) in [4.78, 5) is 2.77. The molecule has 1 heteroatoms. The smallest absolute Gasteiger partial charge is 0.0100 e. The average molecular weight is 253 g/mol. The molecular weight excluding hydrogens is 218 g/mol. The molecule has 0 amide bonds. The van der Waals surface area contributed by atoms with Crippen molar-refractivity contribution in [3.05, 3.63) is 0 Å². The molecule has 2 rings (SSSR count). The molecule has 2 fully saturated rings. The maximum atomic E-state index is 2.77. The van der Waals surface area contributed by atoms with Gasteiger partial charge >= 0.3 is 0 Å². The normalized spacial score (nSPS) is 32.5. The van der Waals surface area contributed by atoms with Crippen molar-refractivity contribution in [2.75, 3.05) is 13.1 Å². The fourth-order valence-corrected chi connectivity index (χ4v) is 3.34. The Morgan fingerprint density at radius 3 is 2.06 bits per heavy atom. The molecule has 1 saturated heterocycles. The predicted molar refractivity (Wildman–Crippen MR) is 82.0 cm³/mol. The Morgan fingerprint density at radius 2 is 1.56 bits per heavy atom. The first-order valence-electron chi connectivity index (χ1n) is 8.25. The van der Waals surface area contributed by atoms with Gasteiger partial charge in [-0.15, -0.1) is 0 Å². The summed E-state index contributed by atoms with van der Waals surface area (Å²) in [6, 6.07) is 0.900. The lowest BCUT2D eigenvalue weighted by molar-refractivity contribution is 0.0454. The lowest BCUT2D eigenvalue weighted by Gasteiger charge is -2.46. The Labute approximate surface area is 115 Å². The topological polar surface area (TPSA) is 3.24 Å². The Kier molecular flexibility index (Phi) is 6.70. The minimum Gasteiger partial charge on any atom is -0.300 e. The predicted octanol–water partition coefficient (Wildman–Crippen LogP) is 5.10. The van der Waals surface area contributed by atoms with E-state index in [4.69, 9.17) is 0 Å². The van der Waals surface area contributed by atoms with Gasteiger partial charge in [0.05, 0.1) is 0 Å². The Morgan fingerprint density at radius 1 is 1.00 bits per heavy atom. The molecule has 0 unspecified atom stereocenters. The van der Waals surface area contributed by atoms with Gasteiger partial charge in [-0.3, -0.25) is 0 Å². The van der Waals surface area contributed by atoms with E-state index >= 15 is 0 Å². The Bertz CT molecular complexity index is 216. The largest absolute Gasteiger partial charge is 0.300 e. The quantitative estimate of drug-likeness (QED) is 0.628. The van der Waals surface area contributed by atoms with Crippen LogP contribution in [-0.4, -0.2) is 24.0 Å². The second-order valence-electron chi connectivity index (χ2n) is 7.13. The second kappa shape index (κ2) is 7.53. The highest BCUT2D eigenvalue weighted by Gasteiger charge is 2.36. The fraction of sp³-hybridized carbons (Fsp3) is 1.00. The first-order chi connectivity index (χ1) is 8.51. The Balaban J connectivity index is 0.000000492. The number of rotatable bonds is 1. The summed E-state index contributed by atoms with van der Waals surface area (Å²) in [5.74, 6) is 0.915. The molecule has 0 bridgehead atoms. The zero-order valence-corrected chi connectivity index (χ0v) is 13.5. The lowest BCUT2D eigenvalue weighted by Crippen LogP contribution is -2.45. The van der Waals surface area contributed by atoms with Gasteiger partial charge in [0.2, 0.25) is 0 Å². The van der Waals surface area contributed by atoms with Crippen LogP contribution in [0.5, 0.6) is 0 Å². The van der Waals surface area contributed by atoms with Gasteiger partial charge in [-0.25, -0.2) is 0 Å². The van der Waals surface area contributed by atoms with E-state index in [1.165, 1.54) is 58.0 Å². The van der Waals surface area contributed by atoms with Crippen LogP contribution in [-0.2, 0) is 0 Å². The van der Waals surface area contributed by atoms with E-state index in [1.54, 1.807) is 0 Å². The lowest BCUT2D eigenvalue weighted by atomic mass is 9.67. The zero-order valence-electron chi connectivity index (χ0n) is 13.5. The molecule has 0 radical (unpaired) electrons. The van der Waals surface area contributed by atoms with E-state index in [9.17, 15) is 0 Å². The van der Waals surface area contributed by atoms with E-state index in [-0.39, 0.29) is 0 Å². The fourth-order valence-electron chi connectivity index (χ4n) is 3.34. The highest BCUT2D eigenvalue weighted by atomic mass is 15.2. The molecule has 2 aliphatic rings. The molecular formula is C17H35N. The number of piperidine rings is 1. The van der Waals surface area contributed by atoms with Crippen molar-refractivity contribution >= 4 is 0 Å². The van der Waals surface area contributed by atoms with Crippen LogP contribution in [0.15, 0.2) is 0 Å². The first-order valence-corrected chi connectivity index (χ1v) is 8.25. The summed E-state index contributed by atoms with van der Waals surface area (Å²) in [6.07, 6.45) is 9.90. The van der Waals surface area contributed by atoms with E-state index in [2.05, 4.69) is 39.5 Å². The SMILES string of the molecule is CCC.C[C@@H]1CC[C@@H](N2CCCCC2)CC1(C)C. The standard InChI is InChI=1S/C14H27N.C3H8/c1-12-7-8-13(11-14(12,2)3)15-9-5-4-6-10-15;1-3-2/h12-13H,4-11H2,1-3H3;3H2,1-2H3/t12-,13-;/m1./s1. The van der Waals surface area contributed by atoms with Crippen LogP contribution < -0.4 is 0 Å². The van der Waals surface area contributed by atoms with E-state index in [0.29, 0.717) is 5.41 Å². The van der Waals surface area contributed by atoms with Crippen molar-refractivity contribution in [3.8, 4) is 0 Å². The molecule has 1 heterocycles. The molecule has 108 valence electrons. The summed E-state index contributed by atoms with van der Waals surface area (Å²) in [7, 11) is 0. The second-order valence-corrected chi connectivity index (χ2v) is 7.13. The number of hydrogen-bond donors (Lipinski definition) is 0. The van der Waals surface area contributed by atoms with Crippen LogP contribution in [0.25, 0.3) is 0 Å². The molecule has 2 atom stereocenters. The van der Waals surface area contributed by atoms with Crippen LogP contribution in [0, 0.1) is 11.3 Å². The van der Waals surface area contributed by atoms with Crippen molar-refractivity contribution in [3.63, 3.8) is 0 Å². The molecule has 1 aliphatic heterocycles. The van der Waals surface area contributed by atoms with Crippen LogP contribution in [0.2, 0.25) is 0 Å². The maximum Gasteiger partial charge on any atom is 0.0100 e. The van der Waals surface area contributed by atoms with Crippen molar-refractivity contribution in [2.24, 2.45) is 11.3 Å². The minimum atomic E-state index is 0.570. The van der Waals surface area contributed by atoms with Gasteiger partial charge in [0.1, 0.15) is 0 Å². The minimum absolute atomic E-state index is 0.570. The van der Waals surface area contributed by atoms with Gasteiger partial charge in [0.25, 0.3) is 0 Å². The highest BCUT2D eigenvalue weighted by molar-refractivity contribution is 4.89. The zero-order chi connectivity index (χ0) is 13.6. The van der Waals surface area contributed by atoms with Gasteiger partial charge in [-0.05, 0) is 56.5 Å². The van der Waals surface area contributed by atoms with Crippen LogP contribution in [0.3, 0.4) is 0 Å². The summed E-state index contributed by atoms with van der Waals surface area (Å²) in [6.45, 7) is 14.4. The molecule has 0 N–H and O–H groups in total. The molecule has 0 spiro atoms. The van der Waals surface area contributed by atoms with Crippen molar-refractivity contribution in [2.45, 2.75) is 85.6 Å². The van der Waals surface area contributed by atoms with E-state index in [0.717, 1.165) is 12.0 Å². The van der Waals surface area contributed by atoms with E-state index < -0.39 is 0 Å². The van der Waals surface area contributed by atoms with Crippen molar-refractivity contribution < 1.29 is 0 Å². The molecule has 1 aliphatic carbocycles. The average Bonchev–Trinajstić information content (AvgIpc) is 2.35. The summed E-state index contributed by atoms with van der Waals surface area (Å²) in [5, 5.41) is 0. The molecule has 0 aromatic heterocycles. The van der Waals surface area contributed by atoms with Gasteiger partial charge in [0.15, 0.2) is 0 Å². The van der Waals surface area contributed by atoms with Crippen molar-refractivity contribution in [1.82, 2.24) is 4.90 Å². The first kappa shape index (κ1) is 16.0. The third-order valence-electron chi connectivity index (χ3n) is 4.94. The third-order valence-corrected chi connectivity index (χ3v) is 4.94. The number of hydrogen-bond acceptors (Lipinski definition) is 1. The molecule has 1 saturated carbocycles. The van der Waals surface area contributed by atoms with Gasteiger partial charge in [-0.1, -0.05) is 47.5 Å². The summed E-state index contributed by atoms with van der Waals surface area (Å²) in [5.41, 5.74) is 0.570. The monoisotopic (exact) mass is 253 g/mol. The Hall–Kier alpha value is -0.0400. The molecule has 1 nitrogen and oxygen atoms in total. The highest BCUT2D eigenvalue weighted by Crippen LogP contribution is 2.42. The van der Waals surface area contributed by atoms with Crippen LogP contribution in [0.1, 0.15) is 79.6 Å². The van der Waals surface area contributed by atoms with Crippen LogP contribution in [0.4, 0.5) is 0 Å². The van der Waals surface area contributed by atoms with Gasteiger partial charge in [0, 0.05) is 6.04 Å². The summed E-state index contributed by atoms with van der Waals surface area (Å²) >= 11 is 0. The van der Waals surface area contributed by atoms with E-state index in [1.807, 2.05) is 0 Å². The number of nitrogens with zero attached hydrogens (tertiary/aromatic N) is 1. The summed E-state index contributed by atoms with van der Waals surface area (Å²) < 4.78 is 0. The maximum absolute atomic E-state index is 2.77. The van der Waals surface area contributed by atoms with Crippen molar-refractivity contribution in [1.29, 1.82) is 0 Å². The van der Waals surface area contributed by atoms with Gasteiger partial charge < -0.3 is 4.90 Å². The van der Waals surface area contributed by atoms with Gasteiger partial charge in [-0.2, -0.15) is 0 Å². The molecule has 0 aromatic rings. The number of likely N-dealkylation sites (tertiary alicyclic amines) is 1. The molecule has 0 aromatic carbocycles. The molecule has 18 heavy (non-hydrogen) atoms.